The van der Waals surface area contributed by atoms with Crippen LogP contribution in [-0.2, 0) is 9.53 Å². The average molecular weight is 192 g/mol. The molecule has 76 valence electrons. The summed E-state index contributed by atoms with van der Waals surface area (Å²) in [5.41, 5.74) is 1.07. The van der Waals surface area contributed by atoms with Crippen LogP contribution in [0.2, 0.25) is 0 Å². The summed E-state index contributed by atoms with van der Waals surface area (Å²) in [5, 5.41) is 0. The number of hydrogen-bond acceptors (Lipinski definition) is 2. The van der Waals surface area contributed by atoms with Gasteiger partial charge in [0, 0.05) is 0 Å². The van der Waals surface area contributed by atoms with Crippen LogP contribution in [0.5, 0.6) is 0 Å². The zero-order valence-electron chi connectivity index (χ0n) is 8.69. The third-order valence-corrected chi connectivity index (χ3v) is 2.14. The lowest BCUT2D eigenvalue weighted by atomic mass is 9.98. The van der Waals surface area contributed by atoms with Gasteiger partial charge in [-0.25, -0.2) is 0 Å². The Kier molecular flexibility index (Phi) is 4.17. The molecule has 1 atom stereocenters. The molecule has 2 nitrogen and oxygen atoms in total. The molecule has 14 heavy (non-hydrogen) atoms. The van der Waals surface area contributed by atoms with Crippen LogP contribution >= 0.6 is 0 Å². The molecule has 0 spiro atoms. The quantitative estimate of drug-likeness (QED) is 0.639. The van der Waals surface area contributed by atoms with E-state index in [9.17, 15) is 4.79 Å². The van der Waals surface area contributed by atoms with E-state index in [0.29, 0.717) is 6.61 Å². The minimum atomic E-state index is -0.0822. The van der Waals surface area contributed by atoms with Gasteiger partial charge < -0.3 is 4.74 Å². The molecule has 0 saturated carbocycles. The van der Waals surface area contributed by atoms with Crippen molar-refractivity contribution in [1.82, 2.24) is 0 Å². The van der Waals surface area contributed by atoms with Crippen LogP contribution in [0.4, 0.5) is 0 Å². The maximum absolute atomic E-state index is 11.2. The van der Waals surface area contributed by atoms with Crippen LogP contribution in [-0.4, -0.2) is 12.6 Å². The Morgan fingerprint density at radius 1 is 1.21 bits per heavy atom. The van der Waals surface area contributed by atoms with E-state index in [0.717, 1.165) is 12.0 Å². The summed E-state index contributed by atoms with van der Waals surface area (Å²) >= 11 is 0. The largest absolute Gasteiger partial charge is 0.465 e. The summed E-state index contributed by atoms with van der Waals surface area (Å²) in [6.07, 6.45) is 0.822. The van der Waals surface area contributed by atoms with Gasteiger partial charge in [-0.2, -0.15) is 0 Å². The molecule has 0 aliphatic carbocycles. The first kappa shape index (κ1) is 10.8. The molecule has 1 aliphatic rings. The number of rotatable bonds is 1. The molecular weight excluding hydrogens is 176 g/mol. The van der Waals surface area contributed by atoms with Crippen molar-refractivity contribution in [1.29, 1.82) is 0 Å². The van der Waals surface area contributed by atoms with Crippen molar-refractivity contribution in [3.63, 3.8) is 0 Å². The van der Waals surface area contributed by atoms with Gasteiger partial charge in [-0.15, -0.1) is 0 Å². The molecule has 2 heteroatoms. The van der Waals surface area contributed by atoms with Gasteiger partial charge in [0.15, 0.2) is 0 Å². The van der Waals surface area contributed by atoms with E-state index in [1.807, 2.05) is 44.2 Å². The maximum atomic E-state index is 11.2. The van der Waals surface area contributed by atoms with E-state index in [1.54, 1.807) is 0 Å². The van der Waals surface area contributed by atoms with Gasteiger partial charge in [-0.1, -0.05) is 44.2 Å². The van der Waals surface area contributed by atoms with E-state index in [-0.39, 0.29) is 11.9 Å². The Bertz CT molecular complexity index is 280. The normalized spacial score (nSPS) is 19.6. The monoisotopic (exact) mass is 192 g/mol. The standard InChI is InChI=1S/C10H10O2.C2H6/c11-10-9(6-7-12-10)8-4-2-1-3-5-8;1-2/h1-5,9H,6-7H2;1-2H3. The zero-order chi connectivity index (χ0) is 10.4. The van der Waals surface area contributed by atoms with Crippen molar-refractivity contribution < 1.29 is 9.53 Å². The van der Waals surface area contributed by atoms with E-state index in [1.165, 1.54) is 0 Å². The second-order valence-corrected chi connectivity index (χ2v) is 2.92. The van der Waals surface area contributed by atoms with Crippen molar-refractivity contribution in [3.8, 4) is 0 Å². The summed E-state index contributed by atoms with van der Waals surface area (Å²) in [7, 11) is 0. The van der Waals surface area contributed by atoms with E-state index >= 15 is 0 Å². The molecule has 1 aromatic carbocycles. The van der Waals surface area contributed by atoms with Gasteiger partial charge in [0.1, 0.15) is 0 Å². The van der Waals surface area contributed by atoms with Crippen LogP contribution in [0, 0.1) is 0 Å². The fourth-order valence-electron chi connectivity index (χ4n) is 1.48. The summed E-state index contributed by atoms with van der Waals surface area (Å²) in [4.78, 5) is 11.2. The predicted molar refractivity (Wildman–Crippen MR) is 56.1 cm³/mol. The van der Waals surface area contributed by atoms with Crippen LogP contribution in [0.25, 0.3) is 0 Å². The van der Waals surface area contributed by atoms with Crippen LogP contribution < -0.4 is 0 Å². The number of ether oxygens (including phenoxy) is 1. The number of carbonyl (C=O) groups excluding carboxylic acids is 1. The van der Waals surface area contributed by atoms with Crippen LogP contribution in [0.3, 0.4) is 0 Å². The number of esters is 1. The zero-order valence-corrected chi connectivity index (χ0v) is 8.69. The highest BCUT2D eigenvalue weighted by Crippen LogP contribution is 2.25. The summed E-state index contributed by atoms with van der Waals surface area (Å²) in [6.45, 7) is 4.57. The molecule has 0 radical (unpaired) electrons. The highest BCUT2D eigenvalue weighted by molar-refractivity contribution is 5.79. The maximum Gasteiger partial charge on any atom is 0.313 e. The summed E-state index contributed by atoms with van der Waals surface area (Å²) in [5.74, 6) is -0.104. The van der Waals surface area contributed by atoms with Crippen molar-refractivity contribution in [3.05, 3.63) is 35.9 Å². The van der Waals surface area contributed by atoms with E-state index in [2.05, 4.69) is 0 Å². The molecule has 1 aliphatic heterocycles. The third-order valence-electron chi connectivity index (χ3n) is 2.14. The van der Waals surface area contributed by atoms with Gasteiger partial charge in [0.25, 0.3) is 0 Å². The van der Waals surface area contributed by atoms with Crippen LogP contribution in [0.15, 0.2) is 30.3 Å². The Hall–Kier alpha value is -1.31. The lowest BCUT2D eigenvalue weighted by Crippen LogP contribution is -2.04. The summed E-state index contributed by atoms with van der Waals surface area (Å²) in [6, 6.07) is 9.78. The van der Waals surface area contributed by atoms with E-state index in [4.69, 9.17) is 4.74 Å². The molecule has 1 aromatic rings. The van der Waals surface area contributed by atoms with Crippen molar-refractivity contribution in [2.75, 3.05) is 6.61 Å². The van der Waals surface area contributed by atoms with Crippen molar-refractivity contribution in [2.45, 2.75) is 26.2 Å². The molecule has 0 aromatic heterocycles. The first-order chi connectivity index (χ1) is 6.88. The Labute approximate surface area is 84.9 Å². The molecule has 0 N–H and O–H groups in total. The average Bonchev–Trinajstić information content (AvgIpc) is 2.69. The SMILES string of the molecule is CC.O=C1OCCC1c1ccccc1. The first-order valence-corrected chi connectivity index (χ1v) is 5.09. The Balaban J connectivity index is 0.000000461. The van der Waals surface area contributed by atoms with Gasteiger partial charge in [0.05, 0.1) is 12.5 Å². The lowest BCUT2D eigenvalue weighted by molar-refractivity contribution is -0.139. The third kappa shape index (κ3) is 2.34. The van der Waals surface area contributed by atoms with Crippen LogP contribution in [0.1, 0.15) is 31.7 Å². The highest BCUT2D eigenvalue weighted by Gasteiger charge is 2.27. The molecule has 2 rings (SSSR count). The summed E-state index contributed by atoms with van der Waals surface area (Å²) < 4.78 is 4.88. The van der Waals surface area contributed by atoms with E-state index < -0.39 is 0 Å². The smallest absolute Gasteiger partial charge is 0.313 e. The molecule has 1 heterocycles. The minimum absolute atomic E-state index is 0.0220. The topological polar surface area (TPSA) is 26.3 Å². The van der Waals surface area contributed by atoms with Gasteiger partial charge in [-0.05, 0) is 12.0 Å². The van der Waals surface area contributed by atoms with Gasteiger partial charge in [-0.3, -0.25) is 4.79 Å². The van der Waals surface area contributed by atoms with Gasteiger partial charge in [0.2, 0.25) is 0 Å². The fraction of sp³-hybridized carbons (Fsp3) is 0.417. The number of hydrogen-bond donors (Lipinski definition) is 0. The Morgan fingerprint density at radius 2 is 1.86 bits per heavy atom. The minimum Gasteiger partial charge on any atom is -0.465 e. The number of carbonyl (C=O) groups is 1. The second-order valence-electron chi connectivity index (χ2n) is 2.92. The Morgan fingerprint density at radius 3 is 2.36 bits per heavy atom. The van der Waals surface area contributed by atoms with Crippen molar-refractivity contribution >= 4 is 5.97 Å². The molecule has 1 saturated heterocycles. The molecule has 1 unspecified atom stereocenters. The fourth-order valence-corrected chi connectivity index (χ4v) is 1.48. The van der Waals surface area contributed by atoms with Gasteiger partial charge >= 0.3 is 5.97 Å². The highest BCUT2D eigenvalue weighted by atomic mass is 16.5. The number of cyclic esters (lactones) is 1. The number of benzene rings is 1. The predicted octanol–water partition coefficient (Wildman–Crippen LogP) is 2.74. The second kappa shape index (κ2) is 5.43. The first-order valence-electron chi connectivity index (χ1n) is 5.09. The lowest BCUT2D eigenvalue weighted by Gasteiger charge is -2.03. The van der Waals surface area contributed by atoms with Crippen molar-refractivity contribution in [2.24, 2.45) is 0 Å². The molecule has 1 fully saturated rings. The molecule has 0 amide bonds. The molecule has 0 bridgehead atoms. The molecular formula is C12H16O2.